The second-order valence-electron chi connectivity index (χ2n) is 5.77. The van der Waals surface area contributed by atoms with Crippen LogP contribution in [0.1, 0.15) is 0 Å². The third-order valence-electron chi connectivity index (χ3n) is 4.10. The minimum absolute atomic E-state index is 0.807. The monoisotopic (exact) mass is 359 g/mol. The van der Waals surface area contributed by atoms with E-state index in [1.54, 1.807) is 11.3 Å². The van der Waals surface area contributed by atoms with Gasteiger partial charge in [0.1, 0.15) is 5.02 Å². The van der Waals surface area contributed by atoms with Crippen LogP contribution in [0.25, 0.3) is 32.0 Å². The number of hydrogen-bond acceptors (Lipinski definition) is 0. The summed E-state index contributed by atoms with van der Waals surface area (Å²) >= 11 is 8.58. The molecule has 4 aromatic rings. The Morgan fingerprint density at radius 3 is 1.60 bits per heavy atom. The van der Waals surface area contributed by atoms with Crippen molar-refractivity contribution in [2.45, 2.75) is 0 Å². The molecule has 120 valence electrons. The Kier molecular flexibility index (Phi) is 4.60. The molecule has 0 bridgehead atoms. The fourth-order valence-corrected chi connectivity index (χ4v) is 4.34. The van der Waals surface area contributed by atoms with Gasteiger partial charge in [-0.25, -0.2) is 0 Å². The van der Waals surface area contributed by atoms with Crippen LogP contribution in [0.2, 0.25) is 5.02 Å². The van der Waals surface area contributed by atoms with E-state index in [0.29, 0.717) is 0 Å². The van der Waals surface area contributed by atoms with Crippen LogP contribution in [0.15, 0.2) is 97.1 Å². The van der Waals surface area contributed by atoms with E-state index in [-0.39, 0.29) is 0 Å². The zero-order valence-electron chi connectivity index (χ0n) is 13.5. The second-order valence-corrected chi connectivity index (χ2v) is 7.20. The highest BCUT2D eigenvalue weighted by Crippen LogP contribution is 2.43. The summed E-state index contributed by atoms with van der Waals surface area (Å²) in [7, 11) is 0. The normalized spacial score (nSPS) is 10.6. The molecular weight excluding hydrogens is 344 g/mol. The fourth-order valence-electron chi connectivity index (χ4n) is 2.85. The van der Waals surface area contributed by atoms with Gasteiger partial charge in [0.25, 0.3) is 4.88 Å². The van der Waals surface area contributed by atoms with Crippen molar-refractivity contribution in [1.82, 2.24) is 0 Å². The summed E-state index contributed by atoms with van der Waals surface area (Å²) in [6.45, 7) is 0. The van der Waals surface area contributed by atoms with E-state index in [0.717, 1.165) is 26.6 Å². The highest BCUT2D eigenvalue weighted by atomic mass is 35.5. The molecular formula is C23H16ClS+. The molecule has 0 saturated carbocycles. The largest absolute Gasteiger partial charge is 0.257 e. The molecule has 1 aromatic heterocycles. The first-order valence-electron chi connectivity index (χ1n) is 8.16. The number of benzene rings is 3. The molecule has 1 heterocycles. The van der Waals surface area contributed by atoms with E-state index in [4.69, 9.17) is 11.6 Å². The first kappa shape index (κ1) is 16.0. The SMILES string of the molecule is Clc1c(-c2ccccc2)cc(-c2ccccc2)[s+]c1-c1ccccc1. The van der Waals surface area contributed by atoms with E-state index in [1.165, 1.54) is 10.4 Å². The fraction of sp³-hybridized carbons (Fsp3) is 0. The molecule has 0 aliphatic rings. The van der Waals surface area contributed by atoms with Crippen LogP contribution in [-0.4, -0.2) is 0 Å². The second kappa shape index (κ2) is 7.18. The lowest BCUT2D eigenvalue weighted by Crippen LogP contribution is -1.86. The third-order valence-corrected chi connectivity index (χ3v) is 5.82. The third kappa shape index (κ3) is 3.34. The summed E-state index contributed by atoms with van der Waals surface area (Å²) in [4.78, 5) is 2.31. The van der Waals surface area contributed by atoms with Crippen molar-refractivity contribution in [3.05, 3.63) is 102 Å². The highest BCUT2D eigenvalue weighted by Gasteiger charge is 2.24. The Morgan fingerprint density at radius 2 is 1.04 bits per heavy atom. The van der Waals surface area contributed by atoms with Crippen molar-refractivity contribution >= 4 is 22.9 Å². The minimum Gasteiger partial charge on any atom is -0.0774 e. The molecule has 0 aliphatic carbocycles. The van der Waals surface area contributed by atoms with Gasteiger partial charge in [-0.05, 0) is 29.8 Å². The standard InChI is InChI=1S/C23H16ClS/c24-22-20(17-10-4-1-5-11-17)16-21(18-12-6-2-7-13-18)25-23(22)19-14-8-3-9-15-19/h1-16H/q+1. The molecule has 0 N–H and O–H groups in total. The van der Waals surface area contributed by atoms with Crippen LogP contribution in [0.3, 0.4) is 0 Å². The van der Waals surface area contributed by atoms with Gasteiger partial charge in [-0.2, -0.15) is 0 Å². The molecule has 25 heavy (non-hydrogen) atoms. The molecule has 0 unspecified atom stereocenters. The maximum atomic E-state index is 6.85. The van der Waals surface area contributed by atoms with Crippen LogP contribution in [0, 0.1) is 0 Å². The number of rotatable bonds is 3. The molecule has 4 rings (SSSR count). The molecule has 0 nitrogen and oxygen atoms in total. The van der Waals surface area contributed by atoms with Crippen LogP contribution in [0.5, 0.6) is 0 Å². The zero-order valence-corrected chi connectivity index (χ0v) is 15.1. The zero-order chi connectivity index (χ0) is 17.1. The maximum absolute atomic E-state index is 6.85. The van der Waals surface area contributed by atoms with Crippen molar-refractivity contribution in [3.8, 4) is 32.0 Å². The molecule has 0 atom stereocenters. The molecule has 0 fully saturated rings. The summed E-state index contributed by atoms with van der Waals surface area (Å²) < 4.78 is 0. The lowest BCUT2D eigenvalue weighted by molar-refractivity contribution is 1.62. The van der Waals surface area contributed by atoms with Crippen LogP contribution >= 0.6 is 22.9 Å². The first-order valence-corrected chi connectivity index (χ1v) is 9.35. The van der Waals surface area contributed by atoms with Crippen molar-refractivity contribution in [3.63, 3.8) is 0 Å². The minimum atomic E-state index is 0.807. The Hall–Kier alpha value is -2.48. The van der Waals surface area contributed by atoms with Crippen LogP contribution in [0.4, 0.5) is 0 Å². The van der Waals surface area contributed by atoms with Gasteiger partial charge in [0.15, 0.2) is 0 Å². The van der Waals surface area contributed by atoms with Gasteiger partial charge in [-0.15, -0.1) is 0 Å². The quantitative estimate of drug-likeness (QED) is 0.329. The van der Waals surface area contributed by atoms with Gasteiger partial charge in [-0.1, -0.05) is 78.3 Å². The summed E-state index contributed by atoms with van der Waals surface area (Å²) in [6, 6.07) is 33.4. The molecule has 0 radical (unpaired) electrons. The Balaban J connectivity index is 1.98. The Bertz CT molecular complexity index is 920. The summed E-state index contributed by atoms with van der Waals surface area (Å²) in [5, 5.41) is 0.807. The summed E-state index contributed by atoms with van der Waals surface area (Å²) in [5.41, 5.74) is 4.55. The van der Waals surface area contributed by atoms with E-state index in [1.807, 2.05) is 30.3 Å². The topological polar surface area (TPSA) is 0 Å². The van der Waals surface area contributed by atoms with Gasteiger partial charge >= 0.3 is 0 Å². The molecule has 0 spiro atoms. The Labute approximate surface area is 157 Å². The van der Waals surface area contributed by atoms with Gasteiger partial charge in [0.05, 0.1) is 0 Å². The van der Waals surface area contributed by atoms with Gasteiger partial charge < -0.3 is 0 Å². The first-order chi connectivity index (χ1) is 12.3. The molecule has 3 aromatic carbocycles. The van der Waals surface area contributed by atoms with E-state index in [9.17, 15) is 0 Å². The van der Waals surface area contributed by atoms with Crippen molar-refractivity contribution < 1.29 is 0 Å². The highest BCUT2D eigenvalue weighted by molar-refractivity contribution is 7.19. The van der Waals surface area contributed by atoms with Crippen molar-refractivity contribution in [1.29, 1.82) is 0 Å². The molecule has 0 aliphatic heterocycles. The summed E-state index contributed by atoms with van der Waals surface area (Å²) in [6.07, 6.45) is 0. The number of halogens is 1. The molecule has 0 saturated heterocycles. The van der Waals surface area contributed by atoms with Gasteiger partial charge in [0.2, 0.25) is 16.2 Å². The maximum Gasteiger partial charge on any atom is 0.257 e. The summed E-state index contributed by atoms with van der Waals surface area (Å²) in [5.74, 6) is 0. The van der Waals surface area contributed by atoms with E-state index in [2.05, 4.69) is 66.7 Å². The lowest BCUT2D eigenvalue weighted by atomic mass is 10.0. The molecule has 0 amide bonds. The van der Waals surface area contributed by atoms with Crippen molar-refractivity contribution in [2.24, 2.45) is 0 Å². The van der Waals surface area contributed by atoms with Crippen LogP contribution < -0.4 is 0 Å². The smallest absolute Gasteiger partial charge is 0.0774 e. The van der Waals surface area contributed by atoms with Gasteiger partial charge in [0, 0.05) is 22.8 Å². The molecule has 2 heteroatoms. The average Bonchev–Trinajstić information content (AvgIpc) is 2.70. The lowest BCUT2D eigenvalue weighted by Gasteiger charge is -2.06. The van der Waals surface area contributed by atoms with Crippen molar-refractivity contribution in [2.75, 3.05) is 0 Å². The van der Waals surface area contributed by atoms with E-state index < -0.39 is 0 Å². The van der Waals surface area contributed by atoms with E-state index >= 15 is 0 Å². The average molecular weight is 360 g/mol. The number of hydrogen-bond donors (Lipinski definition) is 0. The predicted molar refractivity (Wildman–Crippen MR) is 110 cm³/mol. The van der Waals surface area contributed by atoms with Gasteiger partial charge in [-0.3, -0.25) is 0 Å². The predicted octanol–water partition coefficient (Wildman–Crippen LogP) is 7.68. The Morgan fingerprint density at radius 1 is 0.560 bits per heavy atom. The van der Waals surface area contributed by atoms with Crippen LogP contribution in [-0.2, 0) is 0 Å².